The van der Waals surface area contributed by atoms with Gasteiger partial charge in [-0.2, -0.15) is 5.10 Å². The smallest absolute Gasteiger partial charge is 0.267 e. The van der Waals surface area contributed by atoms with E-state index >= 15 is 0 Å². The summed E-state index contributed by atoms with van der Waals surface area (Å²) >= 11 is 0. The number of anilines is 1. The average Bonchev–Trinajstić information content (AvgIpc) is 2.98. The Morgan fingerprint density at radius 3 is 2.29 bits per heavy atom. The molecule has 0 aliphatic heterocycles. The first kappa shape index (κ1) is 16.1. The summed E-state index contributed by atoms with van der Waals surface area (Å²) < 4.78 is 28.7. The predicted octanol–water partition coefficient (Wildman–Crippen LogP) is 2.62. The topological polar surface area (TPSA) is 75.4 Å². The van der Waals surface area contributed by atoms with Gasteiger partial charge in [-0.15, -0.1) is 0 Å². The van der Waals surface area contributed by atoms with Crippen LogP contribution in [0.3, 0.4) is 0 Å². The van der Waals surface area contributed by atoms with Gasteiger partial charge in [0.2, 0.25) is 0 Å². The number of hydrogen-bond donors (Lipinski definition) is 1. The van der Waals surface area contributed by atoms with Crippen molar-refractivity contribution in [2.45, 2.75) is 4.90 Å². The molecule has 0 unspecified atom stereocenters. The maximum atomic E-state index is 13.0. The second kappa shape index (κ2) is 6.01. The van der Waals surface area contributed by atoms with Crippen molar-refractivity contribution in [3.8, 4) is 17.0 Å². The van der Waals surface area contributed by atoms with Gasteiger partial charge in [-0.3, -0.25) is 8.99 Å². The first-order chi connectivity index (χ1) is 11.4. The van der Waals surface area contributed by atoms with E-state index < -0.39 is 10.0 Å². The Bertz CT molecular complexity index is 949. The molecule has 7 heteroatoms. The minimum atomic E-state index is -3.79. The number of phenolic OH excluding ortho intramolecular Hbond substituents is 1. The summed E-state index contributed by atoms with van der Waals surface area (Å²) in [5, 5.41) is 13.7. The van der Waals surface area contributed by atoms with Crippen LogP contribution < -0.4 is 4.31 Å². The molecule has 0 aliphatic carbocycles. The van der Waals surface area contributed by atoms with E-state index in [4.69, 9.17) is 0 Å². The molecule has 0 amide bonds. The third-order valence-corrected chi connectivity index (χ3v) is 5.48. The first-order valence-corrected chi connectivity index (χ1v) is 8.70. The third kappa shape index (κ3) is 2.85. The van der Waals surface area contributed by atoms with E-state index in [1.807, 2.05) is 30.3 Å². The van der Waals surface area contributed by atoms with Crippen LogP contribution in [0.1, 0.15) is 0 Å². The highest BCUT2D eigenvalue weighted by Crippen LogP contribution is 2.30. The van der Waals surface area contributed by atoms with E-state index in [1.54, 1.807) is 19.2 Å². The Morgan fingerprint density at radius 2 is 1.67 bits per heavy atom. The highest BCUT2D eigenvalue weighted by atomic mass is 32.2. The van der Waals surface area contributed by atoms with E-state index in [-0.39, 0.29) is 10.6 Å². The van der Waals surface area contributed by atoms with Crippen molar-refractivity contribution in [3.05, 3.63) is 60.8 Å². The summed E-state index contributed by atoms with van der Waals surface area (Å²) in [7, 11) is -0.632. The van der Waals surface area contributed by atoms with Gasteiger partial charge in [0, 0.05) is 25.9 Å². The van der Waals surface area contributed by atoms with E-state index in [2.05, 4.69) is 5.10 Å². The van der Waals surface area contributed by atoms with Crippen LogP contribution in [0.15, 0.2) is 65.7 Å². The van der Waals surface area contributed by atoms with Crippen LogP contribution in [-0.4, -0.2) is 30.4 Å². The Balaban J connectivity index is 2.09. The van der Waals surface area contributed by atoms with Gasteiger partial charge < -0.3 is 5.11 Å². The number of aromatic nitrogens is 2. The molecule has 0 fully saturated rings. The number of nitrogens with zero attached hydrogens (tertiary/aromatic N) is 3. The van der Waals surface area contributed by atoms with E-state index in [9.17, 15) is 13.5 Å². The largest absolute Gasteiger partial charge is 0.508 e. The van der Waals surface area contributed by atoms with E-state index in [1.165, 1.54) is 34.4 Å². The van der Waals surface area contributed by atoms with Crippen molar-refractivity contribution >= 4 is 15.7 Å². The summed E-state index contributed by atoms with van der Waals surface area (Å²) in [4.78, 5) is 0.131. The Hall–Kier alpha value is -2.80. The zero-order valence-corrected chi connectivity index (χ0v) is 14.1. The number of aryl methyl sites for hydroxylation is 1. The number of benzene rings is 2. The second-order valence-corrected chi connectivity index (χ2v) is 7.31. The summed E-state index contributed by atoms with van der Waals surface area (Å²) in [6.45, 7) is 0. The van der Waals surface area contributed by atoms with Crippen LogP contribution in [0.5, 0.6) is 5.75 Å². The molecule has 0 spiro atoms. The van der Waals surface area contributed by atoms with Gasteiger partial charge >= 0.3 is 0 Å². The van der Waals surface area contributed by atoms with Crippen molar-refractivity contribution < 1.29 is 13.5 Å². The molecule has 0 radical (unpaired) electrons. The molecule has 0 saturated carbocycles. The molecule has 0 saturated heterocycles. The predicted molar refractivity (Wildman–Crippen MR) is 92.3 cm³/mol. The van der Waals surface area contributed by atoms with E-state index in [0.717, 1.165) is 5.56 Å². The second-order valence-electron chi connectivity index (χ2n) is 5.37. The highest BCUT2D eigenvalue weighted by molar-refractivity contribution is 7.93. The molecule has 1 aromatic heterocycles. The monoisotopic (exact) mass is 343 g/mol. The lowest BCUT2D eigenvalue weighted by Crippen LogP contribution is -2.26. The van der Waals surface area contributed by atoms with Crippen molar-refractivity contribution in [1.82, 2.24) is 9.78 Å². The summed E-state index contributed by atoms with van der Waals surface area (Å²) in [6, 6.07) is 15.2. The van der Waals surface area contributed by atoms with Crippen LogP contribution in [0.4, 0.5) is 5.69 Å². The average molecular weight is 343 g/mol. The lowest BCUT2D eigenvalue weighted by Gasteiger charge is -2.19. The van der Waals surface area contributed by atoms with Gasteiger partial charge in [-0.1, -0.05) is 30.3 Å². The molecular formula is C17H17N3O3S. The number of sulfonamides is 1. The molecule has 3 rings (SSSR count). The zero-order valence-electron chi connectivity index (χ0n) is 13.3. The number of hydrogen-bond acceptors (Lipinski definition) is 4. The van der Waals surface area contributed by atoms with Gasteiger partial charge in [0.25, 0.3) is 10.0 Å². The molecule has 0 atom stereocenters. The summed E-state index contributed by atoms with van der Waals surface area (Å²) in [5.41, 5.74) is 1.59. The highest BCUT2D eigenvalue weighted by Gasteiger charge is 2.27. The van der Waals surface area contributed by atoms with Crippen LogP contribution in [0.2, 0.25) is 0 Å². The molecule has 3 aromatic rings. The molecule has 6 nitrogen and oxygen atoms in total. The van der Waals surface area contributed by atoms with Crippen molar-refractivity contribution in [2.24, 2.45) is 7.05 Å². The number of aromatic hydroxyl groups is 1. The van der Waals surface area contributed by atoms with E-state index in [0.29, 0.717) is 11.4 Å². The maximum absolute atomic E-state index is 13.0. The van der Waals surface area contributed by atoms with Gasteiger partial charge in [-0.05, 0) is 24.3 Å². The molecule has 2 aromatic carbocycles. The maximum Gasteiger partial charge on any atom is 0.267 e. The molecule has 24 heavy (non-hydrogen) atoms. The molecule has 1 heterocycles. The Kier molecular flexibility index (Phi) is 4.02. The normalized spacial score (nSPS) is 11.4. The van der Waals surface area contributed by atoms with Crippen LogP contribution in [-0.2, 0) is 17.1 Å². The zero-order chi connectivity index (χ0) is 17.3. The molecular weight excluding hydrogens is 326 g/mol. The summed E-state index contributed by atoms with van der Waals surface area (Å²) in [6.07, 6.45) is 1.49. The van der Waals surface area contributed by atoms with Crippen molar-refractivity contribution in [2.75, 3.05) is 11.4 Å². The van der Waals surface area contributed by atoms with Gasteiger partial charge in [0.15, 0.2) is 0 Å². The van der Waals surface area contributed by atoms with Gasteiger partial charge in [0.1, 0.15) is 16.3 Å². The minimum absolute atomic E-state index is 0.0795. The quantitative estimate of drug-likeness (QED) is 0.790. The summed E-state index contributed by atoms with van der Waals surface area (Å²) in [5.74, 6) is 0.0795. The van der Waals surface area contributed by atoms with Crippen LogP contribution >= 0.6 is 0 Å². The van der Waals surface area contributed by atoms with Crippen LogP contribution in [0.25, 0.3) is 11.3 Å². The van der Waals surface area contributed by atoms with Gasteiger partial charge in [0.05, 0.1) is 5.69 Å². The fourth-order valence-corrected chi connectivity index (χ4v) is 3.78. The standard InChI is InChI=1S/C17H17N3O3S/c1-19-12-16(17(18-19)13-6-4-3-5-7-13)24(22,23)20(2)14-8-10-15(21)11-9-14/h3-12,21H,1-2H3. The first-order valence-electron chi connectivity index (χ1n) is 7.26. The molecule has 124 valence electrons. The molecule has 1 N–H and O–H groups in total. The minimum Gasteiger partial charge on any atom is -0.508 e. The van der Waals surface area contributed by atoms with Crippen molar-refractivity contribution in [3.63, 3.8) is 0 Å². The number of phenols is 1. The van der Waals surface area contributed by atoms with Crippen LogP contribution in [0, 0.1) is 0 Å². The number of rotatable bonds is 4. The lowest BCUT2D eigenvalue weighted by atomic mass is 10.2. The molecule has 0 aliphatic rings. The lowest BCUT2D eigenvalue weighted by molar-refractivity contribution is 0.475. The Morgan fingerprint density at radius 1 is 1.04 bits per heavy atom. The molecule has 0 bridgehead atoms. The fourth-order valence-electron chi connectivity index (χ4n) is 2.40. The SMILES string of the molecule is CN(c1ccc(O)cc1)S(=O)(=O)c1cn(C)nc1-c1ccccc1. The third-order valence-electron chi connectivity index (χ3n) is 3.69. The van der Waals surface area contributed by atoms with Gasteiger partial charge in [-0.25, -0.2) is 8.42 Å². The van der Waals surface area contributed by atoms with Crippen molar-refractivity contribution in [1.29, 1.82) is 0 Å². The fraction of sp³-hybridized carbons (Fsp3) is 0.118. The Labute approximate surface area is 140 Å².